The van der Waals surface area contributed by atoms with Gasteiger partial charge in [-0.3, -0.25) is 4.68 Å². The molecule has 0 saturated heterocycles. The molecule has 1 rings (SSSR count). The first-order chi connectivity index (χ1) is 8.34. The van der Waals surface area contributed by atoms with Crippen molar-refractivity contribution in [2.75, 3.05) is 19.8 Å². The Labute approximate surface area is 109 Å². The van der Waals surface area contributed by atoms with E-state index in [0.29, 0.717) is 0 Å². The summed E-state index contributed by atoms with van der Waals surface area (Å²) in [5.74, 6) is -1.12. The summed E-state index contributed by atoms with van der Waals surface area (Å²) in [6, 6.07) is 0. The number of hydrogen-bond donors (Lipinski definition) is 2. The molecule has 0 radical (unpaired) electrons. The minimum absolute atomic E-state index is 0.0106. The number of carboxylic acids is 1. The first-order valence-corrected chi connectivity index (χ1v) is 6.67. The van der Waals surface area contributed by atoms with Crippen LogP contribution in [0.1, 0.15) is 0 Å². The van der Waals surface area contributed by atoms with Crippen molar-refractivity contribution in [2.45, 2.75) is 5.03 Å². The third-order valence-corrected chi connectivity index (χ3v) is 3.83. The Morgan fingerprint density at radius 1 is 1.67 bits per heavy atom. The predicted molar refractivity (Wildman–Crippen MR) is 61.9 cm³/mol. The SMILES string of the molecule is Cn1ncc(Cl)c1S(=O)(=O)NCCOCC(=O)O. The summed E-state index contributed by atoms with van der Waals surface area (Å²) in [6.45, 7) is -0.591. The number of sulfonamides is 1. The molecule has 1 aromatic heterocycles. The van der Waals surface area contributed by atoms with E-state index in [0.717, 1.165) is 4.68 Å². The van der Waals surface area contributed by atoms with Gasteiger partial charge in [0.25, 0.3) is 10.0 Å². The van der Waals surface area contributed by atoms with E-state index >= 15 is 0 Å². The molecule has 0 spiro atoms. The highest BCUT2D eigenvalue weighted by molar-refractivity contribution is 7.89. The lowest BCUT2D eigenvalue weighted by Gasteiger charge is -2.07. The van der Waals surface area contributed by atoms with Gasteiger partial charge in [0, 0.05) is 13.6 Å². The van der Waals surface area contributed by atoms with Crippen molar-refractivity contribution in [3.05, 3.63) is 11.2 Å². The average Bonchev–Trinajstić information content (AvgIpc) is 2.57. The second-order valence-corrected chi connectivity index (χ2v) is 5.35. The van der Waals surface area contributed by atoms with Crippen LogP contribution in [0.4, 0.5) is 0 Å². The lowest BCUT2D eigenvalue weighted by Crippen LogP contribution is -2.29. The number of carboxylic acid groups (broad SMARTS) is 1. The molecule has 0 aliphatic carbocycles. The topological polar surface area (TPSA) is 111 Å². The number of aliphatic carboxylic acids is 1. The molecule has 0 aliphatic rings. The van der Waals surface area contributed by atoms with Crippen molar-refractivity contribution >= 4 is 27.6 Å². The molecule has 2 N–H and O–H groups in total. The summed E-state index contributed by atoms with van der Waals surface area (Å²) in [7, 11) is -2.34. The lowest BCUT2D eigenvalue weighted by molar-refractivity contribution is -0.142. The zero-order valence-corrected chi connectivity index (χ0v) is 11.0. The van der Waals surface area contributed by atoms with Gasteiger partial charge in [0.2, 0.25) is 0 Å². The van der Waals surface area contributed by atoms with Crippen LogP contribution in [0.5, 0.6) is 0 Å². The fraction of sp³-hybridized carbons (Fsp3) is 0.500. The van der Waals surface area contributed by atoms with Crippen molar-refractivity contribution < 1.29 is 23.1 Å². The minimum atomic E-state index is -3.79. The average molecular weight is 298 g/mol. The van der Waals surface area contributed by atoms with Crippen molar-refractivity contribution in [3.8, 4) is 0 Å². The van der Waals surface area contributed by atoms with E-state index in [1.54, 1.807) is 0 Å². The van der Waals surface area contributed by atoms with Gasteiger partial charge < -0.3 is 9.84 Å². The van der Waals surface area contributed by atoms with Gasteiger partial charge in [-0.05, 0) is 0 Å². The summed E-state index contributed by atoms with van der Waals surface area (Å²) in [5, 5.41) is 11.9. The lowest BCUT2D eigenvalue weighted by atomic mass is 10.7. The molecular weight excluding hydrogens is 286 g/mol. The zero-order valence-electron chi connectivity index (χ0n) is 9.46. The molecule has 0 aliphatic heterocycles. The Hall–Kier alpha value is -1.16. The quantitative estimate of drug-likeness (QED) is 0.654. The maximum absolute atomic E-state index is 11.8. The van der Waals surface area contributed by atoms with Gasteiger partial charge in [0.15, 0.2) is 5.03 Å². The third-order valence-electron chi connectivity index (χ3n) is 1.86. The van der Waals surface area contributed by atoms with Crippen molar-refractivity contribution in [1.29, 1.82) is 0 Å². The van der Waals surface area contributed by atoms with Gasteiger partial charge in [-0.1, -0.05) is 11.6 Å². The molecule has 102 valence electrons. The van der Waals surface area contributed by atoms with Crippen LogP contribution in [0, 0.1) is 0 Å². The van der Waals surface area contributed by atoms with E-state index in [9.17, 15) is 13.2 Å². The van der Waals surface area contributed by atoms with E-state index in [1.807, 2.05) is 0 Å². The Morgan fingerprint density at radius 2 is 2.33 bits per heavy atom. The second kappa shape index (κ2) is 6.14. The van der Waals surface area contributed by atoms with E-state index < -0.39 is 22.6 Å². The number of nitrogens with zero attached hydrogens (tertiary/aromatic N) is 2. The highest BCUT2D eigenvalue weighted by Gasteiger charge is 2.21. The maximum atomic E-state index is 11.8. The van der Waals surface area contributed by atoms with Crippen molar-refractivity contribution in [3.63, 3.8) is 0 Å². The molecule has 0 aromatic carbocycles. The van der Waals surface area contributed by atoms with Crippen LogP contribution in [0.25, 0.3) is 0 Å². The number of aromatic nitrogens is 2. The third kappa shape index (κ3) is 3.95. The molecule has 0 amide bonds. The highest BCUT2D eigenvalue weighted by atomic mass is 35.5. The molecule has 0 unspecified atom stereocenters. The standard InChI is InChI=1S/C8H12ClN3O5S/c1-12-8(6(9)4-10-12)18(15,16)11-2-3-17-5-7(13)14/h4,11H,2-3,5H2,1H3,(H,13,14). The molecule has 10 heteroatoms. The summed E-state index contributed by atoms with van der Waals surface area (Å²) in [6.07, 6.45) is 1.22. The Bertz CT molecular complexity index is 507. The predicted octanol–water partition coefficient (Wildman–Crippen LogP) is -0.547. The Balaban J connectivity index is 2.54. The molecule has 0 fully saturated rings. The van der Waals surface area contributed by atoms with Gasteiger partial charge in [0.1, 0.15) is 6.61 Å². The number of ether oxygens (including phenoxy) is 1. The Kier molecular flexibility index (Phi) is 5.08. The van der Waals surface area contributed by atoms with Gasteiger partial charge >= 0.3 is 5.97 Å². The first-order valence-electron chi connectivity index (χ1n) is 4.81. The summed E-state index contributed by atoms with van der Waals surface area (Å²) in [4.78, 5) is 10.1. The van der Waals surface area contributed by atoms with E-state index in [-0.39, 0.29) is 23.2 Å². The Morgan fingerprint density at radius 3 is 2.83 bits per heavy atom. The summed E-state index contributed by atoms with van der Waals surface area (Å²) >= 11 is 5.70. The molecule has 1 aromatic rings. The maximum Gasteiger partial charge on any atom is 0.329 e. The number of rotatable bonds is 7. The van der Waals surface area contributed by atoms with Gasteiger partial charge in [-0.2, -0.15) is 5.10 Å². The number of halogens is 1. The molecular formula is C8H12ClN3O5S. The van der Waals surface area contributed by atoms with Gasteiger partial charge in [0.05, 0.1) is 17.8 Å². The normalized spacial score (nSPS) is 11.7. The smallest absolute Gasteiger partial charge is 0.329 e. The van der Waals surface area contributed by atoms with Crippen LogP contribution in [0.15, 0.2) is 11.2 Å². The minimum Gasteiger partial charge on any atom is -0.480 e. The fourth-order valence-electron chi connectivity index (χ4n) is 1.18. The molecule has 0 bridgehead atoms. The van der Waals surface area contributed by atoms with Crippen LogP contribution in [0.3, 0.4) is 0 Å². The fourth-order valence-corrected chi connectivity index (χ4v) is 2.84. The van der Waals surface area contributed by atoms with Crippen LogP contribution >= 0.6 is 11.6 Å². The molecule has 8 nitrogen and oxygen atoms in total. The van der Waals surface area contributed by atoms with Crippen LogP contribution in [-0.4, -0.2) is 49.0 Å². The summed E-state index contributed by atoms with van der Waals surface area (Å²) in [5.41, 5.74) is 0. The number of aryl methyl sites for hydroxylation is 1. The monoisotopic (exact) mass is 297 g/mol. The van der Waals surface area contributed by atoms with Crippen LogP contribution in [0.2, 0.25) is 5.02 Å². The van der Waals surface area contributed by atoms with Gasteiger partial charge in [-0.25, -0.2) is 17.9 Å². The largest absolute Gasteiger partial charge is 0.480 e. The number of carbonyl (C=O) groups is 1. The second-order valence-electron chi connectivity index (χ2n) is 3.27. The van der Waals surface area contributed by atoms with E-state index in [4.69, 9.17) is 16.7 Å². The summed E-state index contributed by atoms with van der Waals surface area (Å²) < 4.78 is 31.6. The molecule has 1 heterocycles. The van der Waals surface area contributed by atoms with E-state index in [2.05, 4.69) is 14.6 Å². The highest BCUT2D eigenvalue weighted by Crippen LogP contribution is 2.19. The first kappa shape index (κ1) is 14.9. The molecule has 18 heavy (non-hydrogen) atoms. The van der Waals surface area contributed by atoms with Crippen LogP contribution < -0.4 is 4.72 Å². The van der Waals surface area contributed by atoms with E-state index in [1.165, 1.54) is 13.2 Å². The molecule has 0 atom stereocenters. The van der Waals surface area contributed by atoms with Crippen molar-refractivity contribution in [1.82, 2.24) is 14.5 Å². The number of nitrogens with one attached hydrogen (secondary N) is 1. The van der Waals surface area contributed by atoms with Crippen LogP contribution in [-0.2, 0) is 26.6 Å². The number of hydrogen-bond acceptors (Lipinski definition) is 5. The van der Waals surface area contributed by atoms with Crippen molar-refractivity contribution in [2.24, 2.45) is 7.05 Å². The van der Waals surface area contributed by atoms with Gasteiger partial charge in [-0.15, -0.1) is 0 Å². The molecule has 0 saturated carbocycles. The zero-order chi connectivity index (χ0) is 13.8.